The molecule has 2 aliphatic rings. The van der Waals surface area contributed by atoms with Crippen LogP contribution in [0.4, 0.5) is 0 Å². The molecule has 2 fully saturated rings. The number of morpholine rings is 1. The van der Waals surface area contributed by atoms with Gasteiger partial charge in [0.15, 0.2) is 0 Å². The van der Waals surface area contributed by atoms with E-state index in [0.717, 1.165) is 19.6 Å². The van der Waals surface area contributed by atoms with Gasteiger partial charge < -0.3 is 15.0 Å². The number of ether oxygens (including phenoxy) is 1. The summed E-state index contributed by atoms with van der Waals surface area (Å²) in [4.78, 5) is 13.9. The van der Waals surface area contributed by atoms with E-state index < -0.39 is 0 Å². The molecule has 4 heteroatoms. The van der Waals surface area contributed by atoms with Crippen LogP contribution >= 0.6 is 0 Å². The summed E-state index contributed by atoms with van der Waals surface area (Å²) < 4.78 is 5.54. The first-order chi connectivity index (χ1) is 8.29. The Morgan fingerprint density at radius 1 is 1.53 bits per heavy atom. The molecule has 94 valence electrons. The molecule has 1 aliphatic heterocycles. The summed E-state index contributed by atoms with van der Waals surface area (Å²) in [7, 11) is 0. The summed E-state index contributed by atoms with van der Waals surface area (Å²) in [5.41, 5.74) is 0. The van der Waals surface area contributed by atoms with Crippen LogP contribution in [0.2, 0.25) is 0 Å². The van der Waals surface area contributed by atoms with Gasteiger partial charge in [-0.3, -0.25) is 4.79 Å². The molecule has 1 unspecified atom stereocenters. The SMILES string of the molecule is C#CCN(CC1CC1)C(=O)CC1CNCCO1. The van der Waals surface area contributed by atoms with Crippen molar-refractivity contribution in [1.82, 2.24) is 10.2 Å². The molecule has 0 aromatic heterocycles. The first-order valence-corrected chi connectivity index (χ1v) is 6.33. The molecule has 1 N–H and O–H groups in total. The van der Waals surface area contributed by atoms with E-state index in [0.29, 0.717) is 25.5 Å². The van der Waals surface area contributed by atoms with Crippen molar-refractivity contribution in [3.63, 3.8) is 0 Å². The number of carbonyl (C=O) groups is 1. The zero-order chi connectivity index (χ0) is 12.1. The van der Waals surface area contributed by atoms with Crippen molar-refractivity contribution in [2.24, 2.45) is 5.92 Å². The zero-order valence-corrected chi connectivity index (χ0v) is 10.2. The van der Waals surface area contributed by atoms with Gasteiger partial charge in [0.05, 0.1) is 25.7 Å². The molecule has 0 aromatic rings. The van der Waals surface area contributed by atoms with Gasteiger partial charge in [-0.1, -0.05) is 5.92 Å². The second-order valence-corrected chi connectivity index (χ2v) is 4.82. The van der Waals surface area contributed by atoms with Gasteiger partial charge in [0.1, 0.15) is 0 Å². The number of rotatable bonds is 5. The molecule has 0 bridgehead atoms. The molecule has 1 saturated carbocycles. The average Bonchev–Trinajstić information content (AvgIpc) is 3.14. The minimum Gasteiger partial charge on any atom is -0.375 e. The highest BCUT2D eigenvalue weighted by atomic mass is 16.5. The molecule has 2 rings (SSSR count). The average molecular weight is 236 g/mol. The van der Waals surface area contributed by atoms with Crippen LogP contribution < -0.4 is 5.32 Å². The Bertz CT molecular complexity index is 301. The second kappa shape index (κ2) is 6.04. The van der Waals surface area contributed by atoms with Gasteiger partial charge in [0.2, 0.25) is 5.91 Å². The van der Waals surface area contributed by atoms with Crippen LogP contribution in [-0.4, -0.2) is 49.7 Å². The molecule has 0 aromatic carbocycles. The second-order valence-electron chi connectivity index (χ2n) is 4.82. The third-order valence-electron chi connectivity index (χ3n) is 3.22. The molecular weight excluding hydrogens is 216 g/mol. The Labute approximate surface area is 103 Å². The van der Waals surface area contributed by atoms with E-state index in [1.807, 2.05) is 0 Å². The first kappa shape index (κ1) is 12.4. The summed E-state index contributed by atoms with van der Waals surface area (Å²) in [6.07, 6.45) is 8.23. The van der Waals surface area contributed by atoms with Crippen molar-refractivity contribution in [3.05, 3.63) is 0 Å². The third-order valence-corrected chi connectivity index (χ3v) is 3.22. The largest absolute Gasteiger partial charge is 0.375 e. The lowest BCUT2D eigenvalue weighted by Crippen LogP contribution is -2.43. The monoisotopic (exact) mass is 236 g/mol. The van der Waals surface area contributed by atoms with E-state index in [2.05, 4.69) is 11.2 Å². The third kappa shape index (κ3) is 4.03. The normalized spacial score (nSPS) is 24.1. The van der Waals surface area contributed by atoms with Crippen molar-refractivity contribution in [2.75, 3.05) is 32.8 Å². The lowest BCUT2D eigenvalue weighted by atomic mass is 10.2. The maximum atomic E-state index is 12.1. The van der Waals surface area contributed by atoms with Gasteiger partial charge in [-0.2, -0.15) is 0 Å². The number of amides is 1. The summed E-state index contributed by atoms with van der Waals surface area (Å²) in [6, 6.07) is 0. The molecule has 0 radical (unpaired) electrons. The van der Waals surface area contributed by atoms with Crippen LogP contribution in [0.5, 0.6) is 0 Å². The van der Waals surface area contributed by atoms with E-state index in [-0.39, 0.29) is 12.0 Å². The summed E-state index contributed by atoms with van der Waals surface area (Å²) in [6.45, 7) is 3.58. The molecule has 1 heterocycles. The van der Waals surface area contributed by atoms with Crippen molar-refractivity contribution in [3.8, 4) is 12.3 Å². The molecule has 4 nitrogen and oxygen atoms in total. The van der Waals surface area contributed by atoms with Gasteiger partial charge in [0.25, 0.3) is 0 Å². The van der Waals surface area contributed by atoms with Crippen molar-refractivity contribution >= 4 is 5.91 Å². The van der Waals surface area contributed by atoms with Crippen LogP contribution in [-0.2, 0) is 9.53 Å². The fourth-order valence-electron chi connectivity index (χ4n) is 2.05. The molecule has 1 aliphatic carbocycles. The topological polar surface area (TPSA) is 41.6 Å². The lowest BCUT2D eigenvalue weighted by Gasteiger charge is -2.26. The number of nitrogens with zero attached hydrogens (tertiary/aromatic N) is 1. The van der Waals surface area contributed by atoms with E-state index in [1.165, 1.54) is 12.8 Å². The highest BCUT2D eigenvalue weighted by Crippen LogP contribution is 2.29. The van der Waals surface area contributed by atoms with Crippen LogP contribution in [0.3, 0.4) is 0 Å². The summed E-state index contributed by atoms with van der Waals surface area (Å²) >= 11 is 0. The van der Waals surface area contributed by atoms with Gasteiger partial charge in [-0.15, -0.1) is 6.42 Å². The van der Waals surface area contributed by atoms with Crippen LogP contribution in [0.15, 0.2) is 0 Å². The number of hydrogen-bond acceptors (Lipinski definition) is 3. The van der Waals surface area contributed by atoms with Crippen molar-refractivity contribution in [2.45, 2.75) is 25.4 Å². The summed E-state index contributed by atoms with van der Waals surface area (Å²) in [5.74, 6) is 3.37. The van der Waals surface area contributed by atoms with Gasteiger partial charge in [-0.25, -0.2) is 0 Å². The smallest absolute Gasteiger partial charge is 0.226 e. The standard InChI is InChI=1S/C13H20N2O2/c1-2-6-15(10-11-3-4-11)13(16)8-12-9-14-5-7-17-12/h1,11-12,14H,3-10H2. The van der Waals surface area contributed by atoms with Gasteiger partial charge >= 0.3 is 0 Å². The maximum absolute atomic E-state index is 12.1. The minimum atomic E-state index is 0.00993. The number of hydrogen-bond donors (Lipinski definition) is 1. The fourth-order valence-corrected chi connectivity index (χ4v) is 2.05. The Morgan fingerprint density at radius 3 is 2.94 bits per heavy atom. The zero-order valence-electron chi connectivity index (χ0n) is 10.2. The molecule has 1 saturated heterocycles. The van der Waals surface area contributed by atoms with Crippen molar-refractivity contribution < 1.29 is 9.53 Å². The predicted octanol–water partition coefficient (Wildman–Crippen LogP) is 0.237. The van der Waals surface area contributed by atoms with Crippen LogP contribution in [0.25, 0.3) is 0 Å². The van der Waals surface area contributed by atoms with E-state index >= 15 is 0 Å². The molecule has 0 spiro atoms. The summed E-state index contributed by atoms with van der Waals surface area (Å²) in [5, 5.41) is 3.23. The highest BCUT2D eigenvalue weighted by molar-refractivity contribution is 5.77. The molecule has 1 atom stereocenters. The Hall–Kier alpha value is -1.05. The Morgan fingerprint density at radius 2 is 2.35 bits per heavy atom. The minimum absolute atomic E-state index is 0.00993. The number of terminal acetylenes is 1. The fraction of sp³-hybridized carbons (Fsp3) is 0.769. The van der Waals surface area contributed by atoms with Gasteiger partial charge in [-0.05, 0) is 18.8 Å². The number of carbonyl (C=O) groups excluding carboxylic acids is 1. The van der Waals surface area contributed by atoms with E-state index in [4.69, 9.17) is 11.2 Å². The molecule has 1 amide bonds. The maximum Gasteiger partial charge on any atom is 0.226 e. The quantitative estimate of drug-likeness (QED) is 0.695. The highest BCUT2D eigenvalue weighted by Gasteiger charge is 2.27. The van der Waals surface area contributed by atoms with Gasteiger partial charge in [0, 0.05) is 19.6 Å². The number of nitrogens with one attached hydrogen (secondary N) is 1. The predicted molar refractivity (Wildman–Crippen MR) is 65.4 cm³/mol. The Kier molecular flexibility index (Phi) is 4.41. The Balaban J connectivity index is 1.79. The van der Waals surface area contributed by atoms with Crippen LogP contribution in [0.1, 0.15) is 19.3 Å². The molecule has 17 heavy (non-hydrogen) atoms. The van der Waals surface area contributed by atoms with E-state index in [9.17, 15) is 4.79 Å². The first-order valence-electron chi connectivity index (χ1n) is 6.33. The van der Waals surface area contributed by atoms with E-state index in [1.54, 1.807) is 4.90 Å². The van der Waals surface area contributed by atoms with Crippen LogP contribution in [0, 0.1) is 18.3 Å². The lowest BCUT2D eigenvalue weighted by molar-refractivity contribution is -0.134. The van der Waals surface area contributed by atoms with Crippen molar-refractivity contribution in [1.29, 1.82) is 0 Å². The molecular formula is C13H20N2O2.